The SMILES string of the molecule is O=C=C(COc1ccc(NC(=O)Cc2ccc([N+](=O)[O-])cc2)cc1)c1ccc(Br)cc1. The van der Waals surface area contributed by atoms with Crippen molar-refractivity contribution in [2.24, 2.45) is 0 Å². The largest absolute Gasteiger partial charge is 0.488 e. The van der Waals surface area contributed by atoms with Crippen LogP contribution in [0.25, 0.3) is 5.57 Å². The lowest BCUT2D eigenvalue weighted by molar-refractivity contribution is -0.384. The van der Waals surface area contributed by atoms with Gasteiger partial charge >= 0.3 is 0 Å². The van der Waals surface area contributed by atoms with Gasteiger partial charge in [-0.05, 0) is 47.5 Å². The Bertz CT molecular complexity index is 1120. The molecule has 7 nitrogen and oxygen atoms in total. The minimum absolute atomic E-state index is 0.0209. The molecule has 0 saturated heterocycles. The molecule has 3 aromatic rings. The molecule has 0 radical (unpaired) electrons. The number of benzene rings is 3. The van der Waals surface area contributed by atoms with Crippen LogP contribution in [0.5, 0.6) is 5.75 Å². The molecule has 0 heterocycles. The zero-order chi connectivity index (χ0) is 22.2. The molecule has 0 atom stereocenters. The number of nitrogens with one attached hydrogen (secondary N) is 1. The Morgan fingerprint density at radius 2 is 1.65 bits per heavy atom. The first-order valence-corrected chi connectivity index (χ1v) is 10.00. The van der Waals surface area contributed by atoms with E-state index < -0.39 is 4.92 Å². The average molecular weight is 481 g/mol. The van der Waals surface area contributed by atoms with Crippen LogP contribution in [0.1, 0.15) is 11.1 Å². The number of nitro benzene ring substituents is 1. The van der Waals surface area contributed by atoms with Gasteiger partial charge in [-0.2, -0.15) is 0 Å². The van der Waals surface area contributed by atoms with Crippen molar-refractivity contribution in [3.8, 4) is 5.75 Å². The number of carbonyl (C=O) groups excluding carboxylic acids is 2. The number of non-ortho nitro benzene ring substituents is 1. The summed E-state index contributed by atoms with van der Waals surface area (Å²) in [6, 6.07) is 19.9. The van der Waals surface area contributed by atoms with Gasteiger partial charge in [0.1, 0.15) is 18.3 Å². The summed E-state index contributed by atoms with van der Waals surface area (Å²) in [6.07, 6.45) is 0.0942. The molecule has 3 rings (SSSR count). The maximum absolute atomic E-state index is 12.2. The Morgan fingerprint density at radius 1 is 1.00 bits per heavy atom. The fraction of sp³-hybridized carbons (Fsp3) is 0.0870. The molecule has 0 fully saturated rings. The third kappa shape index (κ3) is 6.37. The minimum Gasteiger partial charge on any atom is -0.488 e. The second-order valence-corrected chi connectivity index (χ2v) is 7.46. The second-order valence-electron chi connectivity index (χ2n) is 6.55. The molecule has 0 saturated carbocycles. The van der Waals surface area contributed by atoms with Gasteiger partial charge < -0.3 is 10.1 Å². The van der Waals surface area contributed by atoms with E-state index in [1.165, 1.54) is 12.1 Å². The molecule has 0 unspecified atom stereocenters. The van der Waals surface area contributed by atoms with Crippen LogP contribution in [0.4, 0.5) is 11.4 Å². The Hall–Kier alpha value is -3.74. The molecule has 0 aliphatic rings. The van der Waals surface area contributed by atoms with E-state index in [0.717, 1.165) is 10.0 Å². The number of nitrogens with zero attached hydrogens (tertiary/aromatic N) is 1. The minimum atomic E-state index is -0.486. The Labute approximate surface area is 186 Å². The number of nitro groups is 1. The summed E-state index contributed by atoms with van der Waals surface area (Å²) < 4.78 is 6.56. The summed E-state index contributed by atoms with van der Waals surface area (Å²) in [7, 11) is 0. The summed E-state index contributed by atoms with van der Waals surface area (Å²) in [6.45, 7) is 0.0665. The van der Waals surface area contributed by atoms with E-state index in [2.05, 4.69) is 21.2 Å². The molecule has 0 aromatic heterocycles. The third-order valence-corrected chi connectivity index (χ3v) is 4.88. The maximum atomic E-state index is 12.2. The lowest BCUT2D eigenvalue weighted by Crippen LogP contribution is -2.14. The molecule has 0 bridgehead atoms. The fourth-order valence-corrected chi connectivity index (χ4v) is 3.00. The number of hydrogen-bond acceptors (Lipinski definition) is 5. The molecule has 3 aromatic carbocycles. The highest BCUT2D eigenvalue weighted by Gasteiger charge is 2.09. The maximum Gasteiger partial charge on any atom is 0.269 e. The van der Waals surface area contributed by atoms with Crippen molar-refractivity contribution < 1.29 is 19.2 Å². The first-order chi connectivity index (χ1) is 14.9. The van der Waals surface area contributed by atoms with Gasteiger partial charge in [0.15, 0.2) is 0 Å². The zero-order valence-corrected chi connectivity index (χ0v) is 17.8. The van der Waals surface area contributed by atoms with Gasteiger partial charge in [0.25, 0.3) is 5.69 Å². The highest BCUT2D eigenvalue weighted by Crippen LogP contribution is 2.20. The van der Waals surface area contributed by atoms with Crippen molar-refractivity contribution in [3.05, 3.63) is 98.5 Å². The third-order valence-electron chi connectivity index (χ3n) is 4.35. The molecule has 8 heteroatoms. The molecule has 156 valence electrons. The number of ether oxygens (including phenoxy) is 1. The topological polar surface area (TPSA) is 98.5 Å². The number of anilines is 1. The first kappa shape index (κ1) is 22.0. The standard InChI is InChI=1S/C23H17BrN2O5/c24-19-5-3-17(4-6-19)18(14-27)15-31-22-11-7-20(8-12-22)25-23(28)13-16-1-9-21(10-2-16)26(29)30/h1-12H,13,15H2,(H,25,28). The van der Waals surface area contributed by atoms with Crippen molar-refractivity contribution in [3.63, 3.8) is 0 Å². The van der Waals surface area contributed by atoms with Crippen LogP contribution in [0, 0.1) is 10.1 Å². The van der Waals surface area contributed by atoms with Gasteiger partial charge in [-0.3, -0.25) is 14.9 Å². The number of carbonyl (C=O) groups is 1. The Balaban J connectivity index is 1.53. The molecule has 1 N–H and O–H groups in total. The van der Waals surface area contributed by atoms with Gasteiger partial charge in [0.05, 0.1) is 16.9 Å². The van der Waals surface area contributed by atoms with Gasteiger partial charge in [-0.15, -0.1) is 0 Å². The average Bonchev–Trinajstić information content (AvgIpc) is 2.76. The van der Waals surface area contributed by atoms with Crippen molar-refractivity contribution >= 4 is 44.7 Å². The van der Waals surface area contributed by atoms with E-state index in [4.69, 9.17) is 4.74 Å². The highest BCUT2D eigenvalue weighted by molar-refractivity contribution is 9.10. The second kappa shape index (κ2) is 10.3. The van der Waals surface area contributed by atoms with Crippen molar-refractivity contribution in [1.82, 2.24) is 0 Å². The molecule has 0 spiro atoms. The number of hydrogen-bond donors (Lipinski definition) is 1. The quantitative estimate of drug-likeness (QED) is 0.282. The van der Waals surface area contributed by atoms with Gasteiger partial charge in [0.2, 0.25) is 5.91 Å². The van der Waals surface area contributed by atoms with Crippen LogP contribution in [-0.2, 0) is 16.0 Å². The van der Waals surface area contributed by atoms with E-state index in [9.17, 15) is 19.7 Å². The molecule has 1 amide bonds. The van der Waals surface area contributed by atoms with Crippen LogP contribution in [0.15, 0.2) is 77.3 Å². The van der Waals surface area contributed by atoms with Crippen LogP contribution in [-0.4, -0.2) is 23.4 Å². The summed E-state index contributed by atoms with van der Waals surface area (Å²) in [5.74, 6) is 2.20. The highest BCUT2D eigenvalue weighted by atomic mass is 79.9. The zero-order valence-electron chi connectivity index (χ0n) is 16.2. The first-order valence-electron chi connectivity index (χ1n) is 9.20. The lowest BCUT2D eigenvalue weighted by atomic mass is 10.1. The molecule has 0 aliphatic carbocycles. The Morgan fingerprint density at radius 3 is 2.23 bits per heavy atom. The van der Waals surface area contributed by atoms with Crippen LogP contribution >= 0.6 is 15.9 Å². The predicted molar refractivity (Wildman–Crippen MR) is 121 cm³/mol. The van der Waals surface area contributed by atoms with Crippen LogP contribution in [0.2, 0.25) is 0 Å². The van der Waals surface area contributed by atoms with E-state index in [1.807, 2.05) is 18.1 Å². The predicted octanol–water partition coefficient (Wildman–Crippen LogP) is 4.83. The van der Waals surface area contributed by atoms with E-state index >= 15 is 0 Å². The van der Waals surface area contributed by atoms with Gasteiger partial charge in [-0.25, -0.2) is 4.79 Å². The van der Waals surface area contributed by atoms with Crippen molar-refractivity contribution in [2.45, 2.75) is 6.42 Å². The number of rotatable bonds is 8. The fourth-order valence-electron chi connectivity index (χ4n) is 2.74. The van der Waals surface area contributed by atoms with Gasteiger partial charge in [-0.1, -0.05) is 40.2 Å². The lowest BCUT2D eigenvalue weighted by Gasteiger charge is -2.09. The molecular weight excluding hydrogens is 464 g/mol. The van der Waals surface area contributed by atoms with E-state index in [-0.39, 0.29) is 24.6 Å². The monoisotopic (exact) mass is 480 g/mol. The van der Waals surface area contributed by atoms with Gasteiger partial charge in [0, 0.05) is 22.3 Å². The molecule has 31 heavy (non-hydrogen) atoms. The summed E-state index contributed by atoms with van der Waals surface area (Å²) >= 11 is 3.35. The molecular formula is C23H17BrN2O5. The van der Waals surface area contributed by atoms with Crippen LogP contribution < -0.4 is 10.1 Å². The summed E-state index contributed by atoms with van der Waals surface area (Å²) in [4.78, 5) is 33.6. The summed E-state index contributed by atoms with van der Waals surface area (Å²) in [5, 5.41) is 13.4. The molecule has 0 aliphatic heterocycles. The van der Waals surface area contributed by atoms with Crippen LogP contribution in [0.3, 0.4) is 0 Å². The van der Waals surface area contributed by atoms with Crippen molar-refractivity contribution in [2.75, 3.05) is 11.9 Å². The van der Waals surface area contributed by atoms with E-state index in [0.29, 0.717) is 22.6 Å². The number of amides is 1. The van der Waals surface area contributed by atoms with E-state index in [1.54, 1.807) is 48.5 Å². The Kier molecular flexibility index (Phi) is 7.32. The van der Waals surface area contributed by atoms with Crippen molar-refractivity contribution in [1.29, 1.82) is 0 Å². The smallest absolute Gasteiger partial charge is 0.269 e. The number of halogens is 1. The summed E-state index contributed by atoms with van der Waals surface area (Å²) in [5.41, 5.74) is 2.36. The normalized spacial score (nSPS) is 10.1.